The molecule has 0 fully saturated rings. The van der Waals surface area contributed by atoms with Gasteiger partial charge in [-0.3, -0.25) is 0 Å². The summed E-state index contributed by atoms with van der Waals surface area (Å²) in [6, 6.07) is 14.9. The minimum Gasteiger partial charge on any atom is -0.490 e. The molecule has 194 valence electrons. The Morgan fingerprint density at radius 3 is 2.27 bits per heavy atom. The van der Waals surface area contributed by atoms with Gasteiger partial charge < -0.3 is 9.84 Å². The predicted octanol–water partition coefficient (Wildman–Crippen LogP) is 8.74. The maximum Gasteiger partial charge on any atom is 0.201 e. The molecule has 1 N–H and O–H groups in total. The highest BCUT2D eigenvalue weighted by Crippen LogP contribution is 2.36. The molecule has 0 saturated heterocycles. The second kappa shape index (κ2) is 12.3. The van der Waals surface area contributed by atoms with Crippen molar-refractivity contribution in [2.75, 3.05) is 6.61 Å². The van der Waals surface area contributed by atoms with Gasteiger partial charge in [0.15, 0.2) is 11.6 Å². The molecule has 0 aliphatic heterocycles. The number of aliphatic hydroxyl groups excluding tert-OH is 1. The zero-order valence-electron chi connectivity index (χ0n) is 21.2. The summed E-state index contributed by atoms with van der Waals surface area (Å²) in [4.78, 5) is 0. The third kappa shape index (κ3) is 6.16. The molecule has 0 amide bonds. The summed E-state index contributed by atoms with van der Waals surface area (Å²) < 4.78 is 49.6. The average molecular weight is 507 g/mol. The van der Waals surface area contributed by atoms with Gasteiger partial charge in [-0.05, 0) is 78.5 Å². The number of halogens is 3. The second-order valence-electron chi connectivity index (χ2n) is 9.56. The standard InChI is InChI=1S/C32H33F3O2/c1-3-5-19-37-30-18-17-27(31(34)32(30)35)23-11-9-22(10-12-23)26-16-15-25(20-28(26)33)21-7-13-24(14-8-21)29(36)6-4-2/h3,7,9-12,15-18,20,24,29,36H,1,4-6,8,13-14,19H2,2H3. The zero-order chi connectivity index (χ0) is 26.4. The Hall–Kier alpha value is -3.31. The fourth-order valence-corrected chi connectivity index (χ4v) is 4.89. The van der Waals surface area contributed by atoms with Crippen molar-refractivity contribution in [1.29, 1.82) is 0 Å². The Balaban J connectivity index is 1.49. The molecule has 5 heteroatoms. The maximum atomic E-state index is 15.1. The molecule has 3 aromatic rings. The van der Waals surface area contributed by atoms with Gasteiger partial charge in [-0.15, -0.1) is 6.58 Å². The van der Waals surface area contributed by atoms with Crippen molar-refractivity contribution in [3.8, 4) is 28.0 Å². The molecule has 0 saturated carbocycles. The first-order valence-corrected chi connectivity index (χ1v) is 12.9. The Morgan fingerprint density at radius 2 is 1.65 bits per heavy atom. The van der Waals surface area contributed by atoms with Gasteiger partial charge in [0, 0.05) is 11.1 Å². The van der Waals surface area contributed by atoms with E-state index in [0.717, 1.165) is 43.2 Å². The summed E-state index contributed by atoms with van der Waals surface area (Å²) in [6.07, 6.45) is 8.32. The van der Waals surface area contributed by atoms with Gasteiger partial charge in [0.25, 0.3) is 0 Å². The Morgan fingerprint density at radius 1 is 0.973 bits per heavy atom. The van der Waals surface area contributed by atoms with E-state index in [1.807, 2.05) is 6.07 Å². The first-order chi connectivity index (χ1) is 17.9. The largest absolute Gasteiger partial charge is 0.490 e. The van der Waals surface area contributed by atoms with Gasteiger partial charge in [0.05, 0.1) is 12.7 Å². The van der Waals surface area contributed by atoms with Crippen LogP contribution in [0.4, 0.5) is 13.2 Å². The van der Waals surface area contributed by atoms with E-state index in [1.54, 1.807) is 42.5 Å². The van der Waals surface area contributed by atoms with E-state index in [2.05, 4.69) is 19.6 Å². The Kier molecular flexibility index (Phi) is 8.88. The molecule has 0 aromatic heterocycles. The van der Waals surface area contributed by atoms with Gasteiger partial charge in [0.2, 0.25) is 5.82 Å². The summed E-state index contributed by atoms with van der Waals surface area (Å²) in [5.41, 5.74) is 3.66. The van der Waals surface area contributed by atoms with E-state index in [0.29, 0.717) is 23.1 Å². The van der Waals surface area contributed by atoms with E-state index in [1.165, 1.54) is 12.1 Å². The van der Waals surface area contributed by atoms with Crippen LogP contribution in [0.3, 0.4) is 0 Å². The van der Waals surface area contributed by atoms with Gasteiger partial charge in [-0.1, -0.05) is 61.9 Å². The van der Waals surface area contributed by atoms with Crippen LogP contribution in [0.5, 0.6) is 5.75 Å². The number of ether oxygens (including phenoxy) is 1. The SMILES string of the molecule is C=CCCOc1ccc(-c2ccc(-c3ccc(C4=CCC(C(O)CCC)CC4)cc3F)cc2)c(F)c1F. The van der Waals surface area contributed by atoms with Crippen molar-refractivity contribution < 1.29 is 23.0 Å². The molecular weight excluding hydrogens is 473 g/mol. The van der Waals surface area contributed by atoms with Crippen LogP contribution in [-0.4, -0.2) is 17.8 Å². The first-order valence-electron chi connectivity index (χ1n) is 12.9. The molecule has 4 rings (SSSR count). The predicted molar refractivity (Wildman–Crippen MR) is 144 cm³/mol. The molecule has 37 heavy (non-hydrogen) atoms. The number of benzene rings is 3. The topological polar surface area (TPSA) is 29.5 Å². The molecule has 3 aromatic carbocycles. The van der Waals surface area contributed by atoms with Gasteiger partial charge in [-0.2, -0.15) is 4.39 Å². The van der Waals surface area contributed by atoms with Crippen molar-refractivity contribution >= 4 is 5.57 Å². The highest BCUT2D eigenvalue weighted by molar-refractivity contribution is 5.74. The number of hydrogen-bond acceptors (Lipinski definition) is 2. The summed E-state index contributed by atoms with van der Waals surface area (Å²) >= 11 is 0. The second-order valence-corrected chi connectivity index (χ2v) is 9.56. The lowest BCUT2D eigenvalue weighted by Gasteiger charge is -2.26. The molecule has 0 radical (unpaired) electrons. The molecule has 2 nitrogen and oxygen atoms in total. The normalized spacial score (nSPS) is 16.2. The lowest BCUT2D eigenvalue weighted by atomic mass is 9.82. The van der Waals surface area contributed by atoms with Crippen LogP contribution in [-0.2, 0) is 0 Å². The van der Waals surface area contributed by atoms with Crippen LogP contribution in [0, 0.1) is 23.4 Å². The molecule has 0 spiro atoms. The molecule has 0 bridgehead atoms. The molecule has 1 aliphatic carbocycles. The van der Waals surface area contributed by atoms with E-state index in [-0.39, 0.29) is 35.8 Å². The minimum atomic E-state index is -1.03. The molecule has 2 unspecified atom stereocenters. The highest BCUT2D eigenvalue weighted by Gasteiger charge is 2.22. The van der Waals surface area contributed by atoms with Crippen molar-refractivity contribution in [3.63, 3.8) is 0 Å². The summed E-state index contributed by atoms with van der Waals surface area (Å²) in [5, 5.41) is 10.3. The fourth-order valence-electron chi connectivity index (χ4n) is 4.89. The van der Waals surface area contributed by atoms with Crippen molar-refractivity contribution in [3.05, 3.63) is 96.3 Å². The third-order valence-electron chi connectivity index (χ3n) is 7.05. The minimum absolute atomic E-state index is 0.113. The number of hydrogen-bond donors (Lipinski definition) is 1. The molecule has 0 heterocycles. The van der Waals surface area contributed by atoms with E-state index in [4.69, 9.17) is 4.74 Å². The molecule has 1 aliphatic rings. The lowest BCUT2D eigenvalue weighted by Crippen LogP contribution is -2.21. The highest BCUT2D eigenvalue weighted by atomic mass is 19.2. The number of aliphatic hydroxyl groups is 1. The van der Waals surface area contributed by atoms with Gasteiger partial charge in [-0.25, -0.2) is 8.78 Å². The Labute approximate surface area is 217 Å². The van der Waals surface area contributed by atoms with Gasteiger partial charge >= 0.3 is 0 Å². The summed E-state index contributed by atoms with van der Waals surface area (Å²) in [7, 11) is 0. The van der Waals surface area contributed by atoms with E-state index < -0.39 is 11.6 Å². The number of allylic oxidation sites excluding steroid dienone is 2. The van der Waals surface area contributed by atoms with Gasteiger partial charge in [0.1, 0.15) is 5.82 Å². The van der Waals surface area contributed by atoms with Crippen LogP contribution < -0.4 is 4.74 Å². The Bertz CT molecular complexity index is 1260. The summed E-state index contributed by atoms with van der Waals surface area (Å²) in [5.74, 6) is -2.22. The first kappa shape index (κ1) is 26.7. The van der Waals surface area contributed by atoms with Crippen LogP contribution in [0.1, 0.15) is 51.0 Å². The van der Waals surface area contributed by atoms with E-state index in [9.17, 15) is 13.9 Å². The van der Waals surface area contributed by atoms with Crippen molar-refractivity contribution in [1.82, 2.24) is 0 Å². The van der Waals surface area contributed by atoms with Crippen molar-refractivity contribution in [2.24, 2.45) is 5.92 Å². The van der Waals surface area contributed by atoms with Crippen LogP contribution in [0.15, 0.2) is 73.3 Å². The number of rotatable bonds is 10. The average Bonchev–Trinajstić information content (AvgIpc) is 2.92. The van der Waals surface area contributed by atoms with Crippen molar-refractivity contribution in [2.45, 2.75) is 51.6 Å². The smallest absolute Gasteiger partial charge is 0.201 e. The van der Waals surface area contributed by atoms with Crippen LogP contribution in [0.2, 0.25) is 0 Å². The quantitative estimate of drug-likeness (QED) is 0.220. The lowest BCUT2D eigenvalue weighted by molar-refractivity contribution is 0.0935. The summed E-state index contributed by atoms with van der Waals surface area (Å²) in [6.45, 7) is 5.87. The zero-order valence-corrected chi connectivity index (χ0v) is 21.2. The molecule has 2 atom stereocenters. The van der Waals surface area contributed by atoms with E-state index >= 15 is 4.39 Å². The van der Waals surface area contributed by atoms with Crippen LogP contribution in [0.25, 0.3) is 27.8 Å². The molecular formula is C32H33F3O2. The maximum absolute atomic E-state index is 15.1. The fraction of sp³-hybridized carbons (Fsp3) is 0.312. The third-order valence-corrected chi connectivity index (χ3v) is 7.05. The monoisotopic (exact) mass is 506 g/mol. The van der Waals surface area contributed by atoms with Crippen LogP contribution >= 0.6 is 0 Å².